The zero-order valence-electron chi connectivity index (χ0n) is 18.6. The molecule has 11 heteroatoms. The highest BCUT2D eigenvalue weighted by molar-refractivity contribution is 7.92. The lowest BCUT2D eigenvalue weighted by Crippen LogP contribution is -2.31. The Morgan fingerprint density at radius 1 is 1.24 bits per heavy atom. The summed E-state index contributed by atoms with van der Waals surface area (Å²) in [5.41, 5.74) is 0.502. The van der Waals surface area contributed by atoms with Crippen LogP contribution in [0.1, 0.15) is 38.2 Å². The minimum Gasteiger partial charge on any atom is -0.447 e. The number of carbonyl (C=O) groups excluding carboxylic acids is 2. The van der Waals surface area contributed by atoms with E-state index in [9.17, 15) is 18.0 Å². The van der Waals surface area contributed by atoms with E-state index in [0.29, 0.717) is 30.8 Å². The standard InChI is InChI=1S/C22H29N4O5SSi/c1-2-10-23-22(28)31-16-9-11-33(14-16)21-13-19(25-26-21)24-20(27)12-15-5-3-4-6-18(15)32(29,30)17-7-8-17/h3-6,13,16-17H,2,7-12,14H2,1H3,(H,23,28)(H2,24,25,26,27)/t16-/m1/s1. The fraction of sp³-hybridized carbons (Fsp3) is 0.500. The van der Waals surface area contributed by atoms with Crippen LogP contribution >= 0.6 is 0 Å². The van der Waals surface area contributed by atoms with Gasteiger partial charge >= 0.3 is 6.09 Å². The predicted octanol–water partition coefficient (Wildman–Crippen LogP) is 2.14. The molecule has 1 aromatic heterocycles. The molecule has 2 heterocycles. The normalized spacial score (nSPS) is 18.8. The molecule has 1 aliphatic heterocycles. The number of benzene rings is 1. The number of rotatable bonds is 9. The largest absolute Gasteiger partial charge is 0.447 e. The second-order valence-electron chi connectivity index (χ2n) is 8.54. The molecule has 3 N–H and O–H groups in total. The van der Waals surface area contributed by atoms with Crippen molar-refractivity contribution < 1.29 is 22.7 Å². The van der Waals surface area contributed by atoms with Crippen LogP contribution in [0.5, 0.6) is 0 Å². The van der Waals surface area contributed by atoms with Crippen LogP contribution in [-0.4, -0.2) is 57.3 Å². The number of alkyl carbamates (subject to hydrolysis) is 1. The number of hydrogen-bond donors (Lipinski definition) is 3. The Morgan fingerprint density at radius 3 is 2.79 bits per heavy atom. The Kier molecular flexibility index (Phi) is 7.18. The van der Waals surface area contributed by atoms with Gasteiger partial charge < -0.3 is 15.4 Å². The van der Waals surface area contributed by atoms with E-state index < -0.39 is 18.6 Å². The van der Waals surface area contributed by atoms with Crippen LogP contribution in [0.2, 0.25) is 12.1 Å². The summed E-state index contributed by atoms with van der Waals surface area (Å²) in [5, 5.41) is 13.4. The topological polar surface area (TPSA) is 130 Å². The summed E-state index contributed by atoms with van der Waals surface area (Å²) in [6.07, 6.45) is 2.54. The minimum atomic E-state index is -3.38. The molecule has 2 amide bonds. The van der Waals surface area contributed by atoms with Crippen molar-refractivity contribution in [3.63, 3.8) is 0 Å². The van der Waals surface area contributed by atoms with Crippen molar-refractivity contribution in [2.45, 2.75) is 67.4 Å². The lowest BCUT2D eigenvalue weighted by atomic mass is 10.1. The van der Waals surface area contributed by atoms with Crippen LogP contribution in [0.15, 0.2) is 35.2 Å². The highest BCUT2D eigenvalue weighted by Gasteiger charge is 2.38. The molecule has 0 unspecified atom stereocenters. The number of sulfone groups is 1. The molecule has 0 spiro atoms. The zero-order valence-corrected chi connectivity index (χ0v) is 20.4. The number of carbonyl (C=O) groups is 2. The number of ether oxygens (including phenoxy) is 1. The molecule has 0 bridgehead atoms. The quantitative estimate of drug-likeness (QED) is 0.463. The molecule has 1 saturated heterocycles. The van der Waals surface area contributed by atoms with E-state index in [0.717, 1.165) is 30.2 Å². The third-order valence-electron chi connectivity index (χ3n) is 5.85. The fourth-order valence-corrected chi connectivity index (χ4v) is 8.64. The molecule has 1 atom stereocenters. The van der Waals surface area contributed by atoms with Crippen molar-refractivity contribution in [3.05, 3.63) is 35.9 Å². The van der Waals surface area contributed by atoms with Gasteiger partial charge in [-0.1, -0.05) is 25.1 Å². The maximum absolute atomic E-state index is 12.7. The molecule has 2 aliphatic rings. The van der Waals surface area contributed by atoms with Crippen molar-refractivity contribution in [1.82, 2.24) is 15.5 Å². The molecule has 33 heavy (non-hydrogen) atoms. The van der Waals surface area contributed by atoms with E-state index in [2.05, 4.69) is 20.8 Å². The van der Waals surface area contributed by atoms with Crippen LogP contribution in [0.4, 0.5) is 10.6 Å². The number of aromatic amines is 1. The average molecular weight is 490 g/mol. The average Bonchev–Trinajstić information content (AvgIpc) is 3.40. The van der Waals surface area contributed by atoms with E-state index in [1.807, 2.05) is 13.0 Å². The van der Waals surface area contributed by atoms with Crippen molar-refractivity contribution in [1.29, 1.82) is 0 Å². The molecule has 2 aromatic rings. The van der Waals surface area contributed by atoms with E-state index in [4.69, 9.17) is 4.74 Å². The van der Waals surface area contributed by atoms with Gasteiger partial charge in [-0.2, -0.15) is 5.10 Å². The highest BCUT2D eigenvalue weighted by Crippen LogP contribution is 2.35. The van der Waals surface area contributed by atoms with Gasteiger partial charge in [0.05, 0.1) is 16.6 Å². The zero-order chi connectivity index (χ0) is 23.4. The minimum absolute atomic E-state index is 0.0368. The first kappa shape index (κ1) is 23.5. The molecule has 177 valence electrons. The Balaban J connectivity index is 1.33. The van der Waals surface area contributed by atoms with Crippen molar-refractivity contribution in [2.75, 3.05) is 11.9 Å². The summed E-state index contributed by atoms with van der Waals surface area (Å²) < 4.78 is 30.8. The van der Waals surface area contributed by atoms with Gasteiger partial charge in [0.2, 0.25) is 5.91 Å². The summed E-state index contributed by atoms with van der Waals surface area (Å²) in [5.74, 6) is 0.101. The van der Waals surface area contributed by atoms with Crippen LogP contribution < -0.4 is 16.0 Å². The number of amides is 2. The summed E-state index contributed by atoms with van der Waals surface area (Å²) in [6, 6.07) is 10.3. The van der Waals surface area contributed by atoms with Gasteiger partial charge in [-0.05, 0) is 55.5 Å². The van der Waals surface area contributed by atoms with Crippen LogP contribution in [0, 0.1) is 0 Å². The molecule has 1 aliphatic carbocycles. The van der Waals surface area contributed by atoms with Gasteiger partial charge in [-0.15, -0.1) is 0 Å². The van der Waals surface area contributed by atoms with Crippen molar-refractivity contribution in [3.8, 4) is 0 Å². The number of aromatic nitrogens is 2. The van der Waals surface area contributed by atoms with Crippen LogP contribution in [0.25, 0.3) is 0 Å². The Bertz CT molecular complexity index is 1120. The van der Waals surface area contributed by atoms with Gasteiger partial charge in [0.25, 0.3) is 0 Å². The number of H-pyrrole nitrogens is 1. The van der Waals surface area contributed by atoms with Crippen molar-refractivity contribution in [2.24, 2.45) is 0 Å². The molecule has 1 radical (unpaired) electrons. The van der Waals surface area contributed by atoms with E-state index in [1.165, 1.54) is 0 Å². The first-order valence-corrected chi connectivity index (χ1v) is 14.8. The SMILES string of the molecule is CCCNC(=O)O[C@@H]1CC[Si](c2cc(NC(=O)Cc3ccccc3S(=O)(=O)C3CC3)n[nH]2)C1. The van der Waals surface area contributed by atoms with Gasteiger partial charge in [-0.25, -0.2) is 13.2 Å². The first-order valence-electron chi connectivity index (χ1n) is 11.3. The number of anilines is 1. The van der Waals surface area contributed by atoms with E-state index in [1.54, 1.807) is 24.3 Å². The Labute approximate surface area is 195 Å². The number of hydrogen-bond acceptors (Lipinski definition) is 6. The fourth-order valence-electron chi connectivity index (χ4n) is 3.99. The van der Waals surface area contributed by atoms with Gasteiger partial charge in [-0.3, -0.25) is 9.89 Å². The van der Waals surface area contributed by atoms with Crippen molar-refractivity contribution >= 4 is 41.8 Å². The lowest BCUT2D eigenvalue weighted by molar-refractivity contribution is -0.115. The Morgan fingerprint density at radius 2 is 2.03 bits per heavy atom. The third-order valence-corrected chi connectivity index (χ3v) is 11.1. The second kappa shape index (κ2) is 10.1. The predicted molar refractivity (Wildman–Crippen MR) is 126 cm³/mol. The summed E-state index contributed by atoms with van der Waals surface area (Å²) in [6.45, 7) is 2.59. The molecule has 4 rings (SSSR count). The third kappa shape index (κ3) is 5.83. The van der Waals surface area contributed by atoms with E-state index in [-0.39, 0.29) is 34.7 Å². The first-order chi connectivity index (χ1) is 15.9. The summed E-state index contributed by atoms with van der Waals surface area (Å²) in [4.78, 5) is 24.6. The monoisotopic (exact) mass is 489 g/mol. The lowest BCUT2D eigenvalue weighted by Gasteiger charge is -2.12. The van der Waals surface area contributed by atoms with Crippen LogP contribution in [-0.2, 0) is 25.8 Å². The molecule has 1 saturated carbocycles. The smallest absolute Gasteiger partial charge is 0.407 e. The Hall–Kier alpha value is -2.66. The van der Waals surface area contributed by atoms with Gasteiger partial charge in [0.15, 0.2) is 15.7 Å². The van der Waals surface area contributed by atoms with Crippen LogP contribution in [0.3, 0.4) is 0 Å². The molecule has 2 fully saturated rings. The van der Waals surface area contributed by atoms with E-state index >= 15 is 0 Å². The highest BCUT2D eigenvalue weighted by atomic mass is 32.2. The second-order valence-corrected chi connectivity index (χ2v) is 13.4. The molecule has 1 aromatic carbocycles. The van der Waals surface area contributed by atoms with Gasteiger partial charge in [0.1, 0.15) is 14.9 Å². The maximum atomic E-state index is 12.7. The number of nitrogens with one attached hydrogen (secondary N) is 3. The molecular weight excluding hydrogens is 460 g/mol. The van der Waals surface area contributed by atoms with Gasteiger partial charge in [0, 0.05) is 11.9 Å². The maximum Gasteiger partial charge on any atom is 0.407 e. The summed E-state index contributed by atoms with van der Waals surface area (Å²) in [7, 11) is -4.34. The molecular formula is C22H29N4O5SSi. The number of nitrogens with zero attached hydrogens (tertiary/aromatic N) is 1. The molecule has 9 nitrogen and oxygen atoms in total. The summed E-state index contributed by atoms with van der Waals surface area (Å²) >= 11 is 0.